The topological polar surface area (TPSA) is 137 Å². The highest BCUT2D eigenvalue weighted by Crippen LogP contribution is 2.13. The van der Waals surface area contributed by atoms with E-state index in [1.165, 1.54) is 0 Å². The second kappa shape index (κ2) is 16.5. The van der Waals surface area contributed by atoms with E-state index in [0.29, 0.717) is 25.3 Å². The first-order chi connectivity index (χ1) is 16.1. The van der Waals surface area contributed by atoms with E-state index >= 15 is 0 Å². The van der Waals surface area contributed by atoms with Crippen LogP contribution in [0.25, 0.3) is 0 Å². The molecule has 0 radical (unpaired) electrons. The first-order valence-corrected chi connectivity index (χ1v) is 13.0. The van der Waals surface area contributed by atoms with Crippen LogP contribution in [0.5, 0.6) is 0 Å². The number of nitrogens with one attached hydrogen (secondary N) is 4. The Morgan fingerprint density at radius 3 is 1.74 bits per heavy atom. The number of aliphatic hydroxyl groups is 1. The summed E-state index contributed by atoms with van der Waals surface area (Å²) in [6.45, 7) is 17.7. The smallest absolute Gasteiger partial charge is 0.243 e. The van der Waals surface area contributed by atoms with Crippen LogP contribution in [-0.2, 0) is 19.2 Å². The highest BCUT2D eigenvalue weighted by atomic mass is 16.3. The lowest BCUT2D eigenvalue weighted by atomic mass is 9.95. The molecule has 2 unspecified atom stereocenters. The van der Waals surface area contributed by atoms with Crippen LogP contribution in [0.4, 0.5) is 0 Å². The van der Waals surface area contributed by atoms with Crippen molar-refractivity contribution in [3.63, 3.8) is 0 Å². The monoisotopic (exact) mass is 498 g/mol. The van der Waals surface area contributed by atoms with Crippen LogP contribution in [-0.4, -0.2) is 59.5 Å². The number of rotatable bonds is 16. The average molecular weight is 499 g/mol. The Morgan fingerprint density at radius 2 is 1.26 bits per heavy atom. The maximum atomic E-state index is 13.0. The molecule has 0 rings (SSSR count). The zero-order valence-electron chi connectivity index (χ0n) is 23.2. The summed E-state index contributed by atoms with van der Waals surface area (Å²) in [5, 5.41) is 21.8. The molecule has 0 saturated heterocycles. The molecule has 0 aromatic rings. The molecule has 0 aromatic heterocycles. The molecule has 5 N–H and O–H groups in total. The summed E-state index contributed by atoms with van der Waals surface area (Å²) >= 11 is 0. The highest BCUT2D eigenvalue weighted by molar-refractivity contribution is 5.89. The first kappa shape index (κ1) is 32.8. The summed E-state index contributed by atoms with van der Waals surface area (Å²) in [7, 11) is 0. The van der Waals surface area contributed by atoms with Crippen molar-refractivity contribution in [1.82, 2.24) is 21.3 Å². The molecule has 204 valence electrons. The predicted octanol–water partition coefficient (Wildman–Crippen LogP) is 2.12. The molecule has 35 heavy (non-hydrogen) atoms. The van der Waals surface area contributed by atoms with E-state index in [2.05, 4.69) is 35.1 Å². The molecule has 0 bridgehead atoms. The van der Waals surface area contributed by atoms with Gasteiger partial charge in [0, 0.05) is 13.0 Å². The van der Waals surface area contributed by atoms with E-state index in [1.54, 1.807) is 6.92 Å². The van der Waals surface area contributed by atoms with Gasteiger partial charge in [-0.3, -0.25) is 19.2 Å². The zero-order valence-corrected chi connectivity index (χ0v) is 23.2. The third-order valence-corrected chi connectivity index (χ3v) is 5.56. The number of hydrogen-bond donors (Lipinski definition) is 5. The van der Waals surface area contributed by atoms with Gasteiger partial charge in [0.25, 0.3) is 0 Å². The van der Waals surface area contributed by atoms with Crippen LogP contribution in [0.2, 0.25) is 0 Å². The summed E-state index contributed by atoms with van der Waals surface area (Å²) in [5.74, 6) is -0.718. The standard InChI is InChI=1S/C26H50N4O5/c1-15(2)10-11-27-25(34)19(9)28-23(33)14-21(31)20(12-16(3)4)29-26(35)24(18(7)8)30-22(32)13-17(5)6/h15-21,24,31H,10-14H2,1-9H3,(H,27,34)(H,28,33)(H,29,35)(H,30,32)/t19?,20?,21-,24-/m1/s1. The van der Waals surface area contributed by atoms with E-state index < -0.39 is 30.1 Å². The predicted molar refractivity (Wildman–Crippen MR) is 138 cm³/mol. The third kappa shape index (κ3) is 14.8. The Hall–Kier alpha value is -2.16. The van der Waals surface area contributed by atoms with Gasteiger partial charge in [0.1, 0.15) is 12.1 Å². The maximum Gasteiger partial charge on any atom is 0.243 e. The minimum atomic E-state index is -1.14. The fourth-order valence-electron chi connectivity index (χ4n) is 3.57. The molecule has 0 saturated carbocycles. The maximum absolute atomic E-state index is 13.0. The summed E-state index contributed by atoms with van der Waals surface area (Å²) in [5.41, 5.74) is 0. The van der Waals surface area contributed by atoms with Gasteiger partial charge in [-0.15, -0.1) is 0 Å². The van der Waals surface area contributed by atoms with Gasteiger partial charge in [-0.2, -0.15) is 0 Å². The Labute approximate surface area is 212 Å². The molecule has 9 heteroatoms. The van der Waals surface area contributed by atoms with Crippen molar-refractivity contribution in [2.75, 3.05) is 6.54 Å². The van der Waals surface area contributed by atoms with Crippen molar-refractivity contribution in [2.24, 2.45) is 23.7 Å². The van der Waals surface area contributed by atoms with Crippen molar-refractivity contribution in [3.8, 4) is 0 Å². The van der Waals surface area contributed by atoms with Crippen LogP contribution < -0.4 is 21.3 Å². The van der Waals surface area contributed by atoms with Gasteiger partial charge in [0.05, 0.1) is 18.6 Å². The number of aliphatic hydroxyl groups excluding tert-OH is 1. The van der Waals surface area contributed by atoms with Crippen LogP contribution in [0, 0.1) is 23.7 Å². The summed E-state index contributed by atoms with van der Waals surface area (Å²) in [6.07, 6.45) is 0.218. The number of carbonyl (C=O) groups is 4. The van der Waals surface area contributed by atoms with Crippen LogP contribution >= 0.6 is 0 Å². The Morgan fingerprint density at radius 1 is 0.686 bits per heavy atom. The lowest BCUT2D eigenvalue weighted by Gasteiger charge is -2.29. The van der Waals surface area contributed by atoms with Gasteiger partial charge >= 0.3 is 0 Å². The highest BCUT2D eigenvalue weighted by Gasteiger charge is 2.30. The van der Waals surface area contributed by atoms with Crippen molar-refractivity contribution >= 4 is 23.6 Å². The Kier molecular flexibility index (Phi) is 15.5. The van der Waals surface area contributed by atoms with E-state index in [4.69, 9.17) is 0 Å². The van der Waals surface area contributed by atoms with Gasteiger partial charge in [-0.25, -0.2) is 0 Å². The fourth-order valence-corrected chi connectivity index (χ4v) is 3.57. The molecule has 0 heterocycles. The number of amides is 4. The van der Waals surface area contributed by atoms with Crippen molar-refractivity contribution in [2.45, 2.75) is 112 Å². The van der Waals surface area contributed by atoms with Crippen LogP contribution in [0.15, 0.2) is 0 Å². The van der Waals surface area contributed by atoms with Crippen LogP contribution in [0.1, 0.15) is 88.0 Å². The molecule has 0 spiro atoms. The van der Waals surface area contributed by atoms with E-state index in [9.17, 15) is 24.3 Å². The lowest BCUT2D eigenvalue weighted by Crippen LogP contribution is -2.55. The average Bonchev–Trinajstić information content (AvgIpc) is 2.69. The molecule has 0 aliphatic carbocycles. The van der Waals surface area contributed by atoms with Gasteiger partial charge in [0.2, 0.25) is 23.6 Å². The second-order valence-corrected chi connectivity index (χ2v) is 11.2. The molecule has 4 atom stereocenters. The minimum absolute atomic E-state index is 0.150. The van der Waals surface area contributed by atoms with Crippen molar-refractivity contribution in [3.05, 3.63) is 0 Å². The third-order valence-electron chi connectivity index (χ3n) is 5.56. The second-order valence-electron chi connectivity index (χ2n) is 11.2. The van der Waals surface area contributed by atoms with Gasteiger partial charge in [0.15, 0.2) is 0 Å². The molecule has 0 aliphatic heterocycles. The summed E-state index contributed by atoms with van der Waals surface area (Å²) < 4.78 is 0. The summed E-state index contributed by atoms with van der Waals surface area (Å²) in [4.78, 5) is 49.9. The number of carbonyl (C=O) groups excluding carboxylic acids is 4. The quantitative estimate of drug-likeness (QED) is 0.222. The van der Waals surface area contributed by atoms with Crippen molar-refractivity contribution < 1.29 is 24.3 Å². The lowest BCUT2D eigenvalue weighted by molar-refractivity contribution is -0.132. The van der Waals surface area contributed by atoms with E-state index in [0.717, 1.165) is 6.42 Å². The summed E-state index contributed by atoms with van der Waals surface area (Å²) in [6, 6.07) is -2.15. The Bertz CT molecular complexity index is 679. The minimum Gasteiger partial charge on any atom is -0.390 e. The Balaban J connectivity index is 5.09. The normalized spacial score (nSPS) is 15.0. The fraction of sp³-hybridized carbons (Fsp3) is 0.846. The van der Waals surface area contributed by atoms with Gasteiger partial charge in [-0.05, 0) is 43.4 Å². The molecule has 0 aromatic carbocycles. The molecular formula is C26H50N4O5. The van der Waals surface area contributed by atoms with Crippen LogP contribution in [0.3, 0.4) is 0 Å². The molecular weight excluding hydrogens is 448 g/mol. The van der Waals surface area contributed by atoms with E-state index in [1.807, 2.05) is 41.5 Å². The van der Waals surface area contributed by atoms with Gasteiger partial charge in [-0.1, -0.05) is 55.4 Å². The number of hydrogen-bond acceptors (Lipinski definition) is 5. The molecule has 0 aliphatic rings. The zero-order chi connectivity index (χ0) is 27.3. The van der Waals surface area contributed by atoms with Crippen molar-refractivity contribution in [1.29, 1.82) is 0 Å². The first-order valence-electron chi connectivity index (χ1n) is 13.0. The molecule has 9 nitrogen and oxygen atoms in total. The molecule has 4 amide bonds. The molecule has 0 fully saturated rings. The van der Waals surface area contributed by atoms with E-state index in [-0.39, 0.29) is 41.9 Å². The van der Waals surface area contributed by atoms with Gasteiger partial charge < -0.3 is 26.4 Å². The SMILES string of the molecule is CC(C)CCNC(=O)C(C)NC(=O)C[C@@H](O)C(CC(C)C)NC(=O)[C@H](NC(=O)CC(C)C)C(C)C. The largest absolute Gasteiger partial charge is 0.390 e.